The number of nitrogens with one attached hydrogen (secondary N) is 1. The van der Waals surface area contributed by atoms with Crippen LogP contribution >= 0.6 is 0 Å². The zero-order valence-corrected chi connectivity index (χ0v) is 12.1. The summed E-state index contributed by atoms with van der Waals surface area (Å²) in [6.45, 7) is 4.69. The maximum atomic E-state index is 13.9. The smallest absolute Gasteiger partial charge is 0.131 e. The summed E-state index contributed by atoms with van der Waals surface area (Å²) in [5, 5.41) is 3.33. The molecule has 0 aliphatic carbocycles. The van der Waals surface area contributed by atoms with E-state index in [2.05, 4.69) is 36.5 Å². The van der Waals surface area contributed by atoms with E-state index < -0.39 is 0 Å². The quantitative estimate of drug-likeness (QED) is 0.889. The predicted octanol–water partition coefficient (Wildman–Crippen LogP) is 3.99. The number of halogens is 1. The number of ether oxygens (including phenoxy) is 1. The van der Waals surface area contributed by atoms with Crippen molar-refractivity contribution in [2.24, 2.45) is 0 Å². The highest BCUT2D eigenvalue weighted by molar-refractivity contribution is 5.37. The summed E-state index contributed by atoms with van der Waals surface area (Å²) in [6, 6.07) is 13.1. The third-order valence-electron chi connectivity index (χ3n) is 3.40. The Morgan fingerprint density at radius 2 is 1.85 bits per heavy atom. The lowest BCUT2D eigenvalue weighted by molar-refractivity contribution is 0.393. The van der Waals surface area contributed by atoms with Crippen molar-refractivity contribution in [1.82, 2.24) is 5.32 Å². The molecule has 2 aromatic rings. The molecule has 0 fully saturated rings. The van der Waals surface area contributed by atoms with Crippen LogP contribution in [0.3, 0.4) is 0 Å². The Hall–Kier alpha value is -1.87. The molecule has 0 aromatic heterocycles. The fraction of sp³-hybridized carbons (Fsp3) is 0.294. The van der Waals surface area contributed by atoms with Crippen LogP contribution in [0.2, 0.25) is 0 Å². The molecule has 106 valence electrons. The second kappa shape index (κ2) is 6.53. The Kier molecular flexibility index (Phi) is 4.74. The second-order valence-electron chi connectivity index (χ2n) is 4.94. The van der Waals surface area contributed by atoms with Crippen LogP contribution in [0.4, 0.5) is 4.39 Å². The van der Waals surface area contributed by atoms with Gasteiger partial charge in [-0.1, -0.05) is 35.9 Å². The molecule has 0 heterocycles. The molecule has 0 saturated carbocycles. The topological polar surface area (TPSA) is 21.3 Å². The molecule has 1 unspecified atom stereocenters. The van der Waals surface area contributed by atoms with Crippen LogP contribution in [-0.2, 0) is 6.54 Å². The fourth-order valence-corrected chi connectivity index (χ4v) is 2.19. The van der Waals surface area contributed by atoms with E-state index in [1.54, 1.807) is 19.2 Å². The molecular formula is C17H20FNO. The number of benzene rings is 2. The standard InChI is InChI=1S/C17H20FNO/c1-12-7-9-14(10-8-12)11-19-13(2)17-15(18)5-4-6-16(17)20-3/h4-10,13,19H,11H2,1-3H3. The summed E-state index contributed by atoms with van der Waals surface area (Å²) in [5.74, 6) is 0.335. The van der Waals surface area contributed by atoms with Gasteiger partial charge in [-0.2, -0.15) is 0 Å². The van der Waals surface area contributed by atoms with Gasteiger partial charge in [-0.3, -0.25) is 0 Å². The van der Waals surface area contributed by atoms with E-state index >= 15 is 0 Å². The van der Waals surface area contributed by atoms with Crippen molar-refractivity contribution in [1.29, 1.82) is 0 Å². The number of methoxy groups -OCH3 is 1. The van der Waals surface area contributed by atoms with Gasteiger partial charge in [0, 0.05) is 18.2 Å². The molecule has 20 heavy (non-hydrogen) atoms. The molecule has 0 aliphatic heterocycles. The van der Waals surface area contributed by atoms with E-state index in [4.69, 9.17) is 4.74 Å². The highest BCUT2D eigenvalue weighted by atomic mass is 19.1. The van der Waals surface area contributed by atoms with Gasteiger partial charge in [0.1, 0.15) is 11.6 Å². The van der Waals surface area contributed by atoms with Gasteiger partial charge >= 0.3 is 0 Å². The SMILES string of the molecule is COc1cccc(F)c1C(C)NCc1ccc(C)cc1. The molecular weight excluding hydrogens is 253 g/mol. The molecule has 2 nitrogen and oxygen atoms in total. The lowest BCUT2D eigenvalue weighted by atomic mass is 10.1. The lowest BCUT2D eigenvalue weighted by Gasteiger charge is -2.18. The normalized spacial score (nSPS) is 12.2. The van der Waals surface area contributed by atoms with Crippen molar-refractivity contribution in [2.75, 3.05) is 7.11 Å². The van der Waals surface area contributed by atoms with Gasteiger partial charge in [0.15, 0.2) is 0 Å². The van der Waals surface area contributed by atoms with Gasteiger partial charge < -0.3 is 10.1 Å². The van der Waals surface area contributed by atoms with Gasteiger partial charge in [-0.15, -0.1) is 0 Å². The summed E-state index contributed by atoms with van der Waals surface area (Å²) in [6.07, 6.45) is 0. The van der Waals surface area contributed by atoms with Crippen LogP contribution in [-0.4, -0.2) is 7.11 Å². The highest BCUT2D eigenvalue weighted by Gasteiger charge is 2.15. The van der Waals surface area contributed by atoms with Crippen molar-refractivity contribution in [3.63, 3.8) is 0 Å². The molecule has 0 saturated heterocycles. The third-order valence-corrected chi connectivity index (χ3v) is 3.40. The van der Waals surface area contributed by atoms with Crippen LogP contribution in [0.15, 0.2) is 42.5 Å². The average Bonchev–Trinajstić information content (AvgIpc) is 2.46. The zero-order valence-electron chi connectivity index (χ0n) is 12.1. The number of hydrogen-bond acceptors (Lipinski definition) is 2. The van der Waals surface area contributed by atoms with Crippen molar-refractivity contribution < 1.29 is 9.13 Å². The van der Waals surface area contributed by atoms with Crippen LogP contribution in [0, 0.1) is 12.7 Å². The maximum absolute atomic E-state index is 13.9. The molecule has 2 aromatic carbocycles. The van der Waals surface area contributed by atoms with Crippen LogP contribution < -0.4 is 10.1 Å². The first kappa shape index (κ1) is 14.5. The second-order valence-corrected chi connectivity index (χ2v) is 4.94. The Morgan fingerprint density at radius 3 is 2.50 bits per heavy atom. The molecule has 2 rings (SSSR count). The van der Waals surface area contributed by atoms with Crippen molar-refractivity contribution in [3.05, 3.63) is 65.0 Å². The largest absolute Gasteiger partial charge is 0.496 e. The lowest BCUT2D eigenvalue weighted by Crippen LogP contribution is -2.19. The van der Waals surface area contributed by atoms with Gasteiger partial charge in [-0.05, 0) is 31.5 Å². The van der Waals surface area contributed by atoms with Gasteiger partial charge in [0.05, 0.1) is 7.11 Å². The summed E-state index contributed by atoms with van der Waals surface area (Å²) >= 11 is 0. The minimum atomic E-state index is -0.242. The van der Waals surface area contributed by atoms with E-state index in [1.807, 2.05) is 6.92 Å². The monoisotopic (exact) mass is 273 g/mol. The van der Waals surface area contributed by atoms with Gasteiger partial charge in [0.2, 0.25) is 0 Å². The first-order chi connectivity index (χ1) is 9.61. The molecule has 3 heteroatoms. The van der Waals surface area contributed by atoms with Gasteiger partial charge in [0.25, 0.3) is 0 Å². The molecule has 1 N–H and O–H groups in total. The first-order valence-corrected chi connectivity index (χ1v) is 6.73. The highest BCUT2D eigenvalue weighted by Crippen LogP contribution is 2.27. The van der Waals surface area contributed by atoms with Crippen LogP contribution in [0.5, 0.6) is 5.75 Å². The van der Waals surface area contributed by atoms with E-state index in [0.717, 1.165) is 0 Å². The van der Waals surface area contributed by atoms with Crippen molar-refractivity contribution in [3.8, 4) is 5.75 Å². The zero-order chi connectivity index (χ0) is 14.5. The Balaban J connectivity index is 2.08. The Bertz CT molecular complexity index is 566. The van der Waals surface area contributed by atoms with Crippen molar-refractivity contribution in [2.45, 2.75) is 26.4 Å². The van der Waals surface area contributed by atoms with E-state index in [1.165, 1.54) is 17.2 Å². The van der Waals surface area contributed by atoms with Crippen LogP contribution in [0.1, 0.15) is 29.7 Å². The maximum Gasteiger partial charge on any atom is 0.131 e. The summed E-state index contributed by atoms with van der Waals surface area (Å²) < 4.78 is 19.2. The van der Waals surface area contributed by atoms with Crippen molar-refractivity contribution >= 4 is 0 Å². The third kappa shape index (κ3) is 3.36. The molecule has 0 aliphatic rings. The van der Waals surface area contributed by atoms with Crippen LogP contribution in [0.25, 0.3) is 0 Å². The summed E-state index contributed by atoms with van der Waals surface area (Å²) in [4.78, 5) is 0. The Labute approximate surface area is 119 Å². The predicted molar refractivity (Wildman–Crippen MR) is 79.4 cm³/mol. The van der Waals surface area contributed by atoms with E-state index in [-0.39, 0.29) is 11.9 Å². The number of hydrogen-bond donors (Lipinski definition) is 1. The summed E-state index contributed by atoms with van der Waals surface area (Å²) in [7, 11) is 1.56. The molecule has 0 spiro atoms. The van der Waals surface area contributed by atoms with E-state index in [9.17, 15) is 4.39 Å². The average molecular weight is 273 g/mol. The molecule has 0 radical (unpaired) electrons. The fourth-order valence-electron chi connectivity index (χ4n) is 2.19. The molecule has 1 atom stereocenters. The van der Waals surface area contributed by atoms with E-state index in [0.29, 0.717) is 17.9 Å². The Morgan fingerprint density at radius 1 is 1.15 bits per heavy atom. The molecule has 0 amide bonds. The summed E-state index contributed by atoms with van der Waals surface area (Å²) in [5.41, 5.74) is 2.98. The first-order valence-electron chi connectivity index (χ1n) is 6.73. The minimum Gasteiger partial charge on any atom is -0.496 e. The number of aryl methyl sites for hydroxylation is 1. The molecule has 0 bridgehead atoms. The number of rotatable bonds is 5. The minimum absolute atomic E-state index is 0.118. The van der Waals surface area contributed by atoms with Gasteiger partial charge in [-0.25, -0.2) is 4.39 Å².